The number of carbonyl (C=O) groups is 3. The van der Waals surface area contributed by atoms with Crippen LogP contribution in [0, 0.1) is 11.3 Å². The molecule has 0 aromatic carbocycles. The highest BCUT2D eigenvalue weighted by Crippen LogP contribution is 2.39. The van der Waals surface area contributed by atoms with Crippen LogP contribution in [0.1, 0.15) is 46.5 Å². The fraction of sp³-hybridized carbons (Fsp3) is 0.769. The normalized spacial score (nSPS) is 20.3. The number of amides is 2. The molecule has 1 N–H and O–H groups in total. The Labute approximate surface area is 107 Å². The van der Waals surface area contributed by atoms with E-state index in [1.165, 1.54) is 4.90 Å². The molecule has 0 bridgehead atoms. The zero-order valence-electron chi connectivity index (χ0n) is 11.2. The molecule has 2 amide bonds. The van der Waals surface area contributed by atoms with Crippen LogP contribution in [-0.2, 0) is 14.4 Å². The van der Waals surface area contributed by atoms with Crippen molar-refractivity contribution in [1.29, 1.82) is 0 Å². The summed E-state index contributed by atoms with van der Waals surface area (Å²) in [6, 6.07) is 0. The van der Waals surface area contributed by atoms with Gasteiger partial charge in [-0.05, 0) is 19.3 Å². The van der Waals surface area contributed by atoms with Crippen molar-refractivity contribution in [3.63, 3.8) is 0 Å². The molecule has 5 nitrogen and oxygen atoms in total. The summed E-state index contributed by atoms with van der Waals surface area (Å²) in [5.74, 6) is -1.73. The third-order valence-corrected chi connectivity index (χ3v) is 4.05. The first kappa shape index (κ1) is 14.7. The predicted molar refractivity (Wildman–Crippen MR) is 65.8 cm³/mol. The predicted octanol–water partition coefficient (Wildman–Crippen LogP) is 1.66. The largest absolute Gasteiger partial charge is 0.481 e. The Morgan fingerprint density at radius 3 is 2.33 bits per heavy atom. The van der Waals surface area contributed by atoms with E-state index in [1.54, 1.807) is 6.92 Å². The Balaban J connectivity index is 2.71. The molecule has 1 rings (SSSR count). The standard InChI is InChI=1S/C13H21NO4/c1-4-13(5-2)8-10(15)14(12(13)18)7-6-9(3)11(16)17/h9H,4-8H2,1-3H3,(H,16,17). The first-order chi connectivity index (χ1) is 8.38. The molecule has 0 spiro atoms. The van der Waals surface area contributed by atoms with Crippen LogP contribution < -0.4 is 0 Å². The number of rotatable bonds is 6. The molecule has 0 aliphatic carbocycles. The lowest BCUT2D eigenvalue weighted by Crippen LogP contribution is -2.36. The van der Waals surface area contributed by atoms with E-state index in [9.17, 15) is 14.4 Å². The number of nitrogens with zero attached hydrogens (tertiary/aromatic N) is 1. The average molecular weight is 255 g/mol. The molecular weight excluding hydrogens is 234 g/mol. The highest BCUT2D eigenvalue weighted by molar-refractivity contribution is 6.05. The summed E-state index contributed by atoms with van der Waals surface area (Å²) in [6.07, 6.45) is 1.88. The van der Waals surface area contributed by atoms with Gasteiger partial charge in [0.25, 0.3) is 0 Å². The third kappa shape index (κ3) is 2.54. The van der Waals surface area contributed by atoms with Crippen molar-refractivity contribution in [3.8, 4) is 0 Å². The van der Waals surface area contributed by atoms with Crippen molar-refractivity contribution in [3.05, 3.63) is 0 Å². The van der Waals surface area contributed by atoms with E-state index < -0.39 is 17.3 Å². The fourth-order valence-electron chi connectivity index (χ4n) is 2.33. The van der Waals surface area contributed by atoms with Crippen LogP contribution in [0.2, 0.25) is 0 Å². The van der Waals surface area contributed by atoms with Gasteiger partial charge in [-0.1, -0.05) is 20.8 Å². The number of hydrogen-bond acceptors (Lipinski definition) is 3. The Morgan fingerprint density at radius 2 is 1.94 bits per heavy atom. The van der Waals surface area contributed by atoms with Crippen LogP contribution in [0.4, 0.5) is 0 Å². The number of carboxylic acids is 1. The van der Waals surface area contributed by atoms with Crippen LogP contribution in [0.25, 0.3) is 0 Å². The molecule has 0 saturated carbocycles. The van der Waals surface area contributed by atoms with Gasteiger partial charge in [-0.2, -0.15) is 0 Å². The van der Waals surface area contributed by atoms with Gasteiger partial charge in [-0.25, -0.2) is 0 Å². The number of hydrogen-bond donors (Lipinski definition) is 1. The molecule has 1 aliphatic rings. The van der Waals surface area contributed by atoms with Gasteiger partial charge in [-0.15, -0.1) is 0 Å². The number of carbonyl (C=O) groups excluding carboxylic acids is 2. The molecule has 1 aliphatic heterocycles. The zero-order chi connectivity index (χ0) is 13.9. The maximum Gasteiger partial charge on any atom is 0.306 e. The Hall–Kier alpha value is -1.39. The Morgan fingerprint density at radius 1 is 1.39 bits per heavy atom. The van der Waals surface area contributed by atoms with Gasteiger partial charge >= 0.3 is 5.97 Å². The molecule has 5 heteroatoms. The van der Waals surface area contributed by atoms with E-state index in [0.29, 0.717) is 19.3 Å². The van der Waals surface area contributed by atoms with E-state index in [4.69, 9.17) is 5.11 Å². The molecule has 0 aromatic heterocycles. The van der Waals surface area contributed by atoms with Crippen LogP contribution in [0.15, 0.2) is 0 Å². The fourth-order valence-corrected chi connectivity index (χ4v) is 2.33. The SMILES string of the molecule is CCC1(CC)CC(=O)N(CCC(C)C(=O)O)C1=O. The molecular formula is C13H21NO4. The summed E-state index contributed by atoms with van der Waals surface area (Å²) in [7, 11) is 0. The molecule has 102 valence electrons. The summed E-state index contributed by atoms with van der Waals surface area (Å²) < 4.78 is 0. The van der Waals surface area contributed by atoms with Crippen LogP contribution in [0.5, 0.6) is 0 Å². The van der Waals surface area contributed by atoms with E-state index >= 15 is 0 Å². The highest BCUT2D eigenvalue weighted by atomic mass is 16.4. The monoisotopic (exact) mass is 255 g/mol. The lowest BCUT2D eigenvalue weighted by atomic mass is 9.81. The molecule has 1 fully saturated rings. The summed E-state index contributed by atoms with van der Waals surface area (Å²) >= 11 is 0. The lowest BCUT2D eigenvalue weighted by Gasteiger charge is -2.23. The zero-order valence-corrected chi connectivity index (χ0v) is 11.2. The minimum absolute atomic E-state index is 0.130. The number of aliphatic carboxylic acids is 1. The molecule has 1 saturated heterocycles. The van der Waals surface area contributed by atoms with Crippen LogP contribution in [0.3, 0.4) is 0 Å². The Kier molecular flexibility index (Phi) is 4.48. The number of imide groups is 1. The molecule has 18 heavy (non-hydrogen) atoms. The van der Waals surface area contributed by atoms with Gasteiger partial charge in [0.1, 0.15) is 0 Å². The molecule has 1 unspecified atom stereocenters. The van der Waals surface area contributed by atoms with Crippen molar-refractivity contribution in [1.82, 2.24) is 4.90 Å². The molecule has 1 heterocycles. The first-order valence-electron chi connectivity index (χ1n) is 6.45. The highest BCUT2D eigenvalue weighted by Gasteiger charge is 2.48. The van der Waals surface area contributed by atoms with Crippen molar-refractivity contribution < 1.29 is 19.5 Å². The van der Waals surface area contributed by atoms with Crippen LogP contribution in [-0.4, -0.2) is 34.3 Å². The van der Waals surface area contributed by atoms with Crippen molar-refractivity contribution >= 4 is 17.8 Å². The smallest absolute Gasteiger partial charge is 0.306 e. The van der Waals surface area contributed by atoms with Gasteiger partial charge in [0.05, 0.1) is 11.3 Å². The van der Waals surface area contributed by atoms with Gasteiger partial charge in [0.2, 0.25) is 11.8 Å². The second-order valence-electron chi connectivity index (χ2n) is 5.04. The average Bonchev–Trinajstić information content (AvgIpc) is 2.58. The minimum Gasteiger partial charge on any atom is -0.481 e. The third-order valence-electron chi connectivity index (χ3n) is 4.05. The van der Waals surface area contributed by atoms with E-state index in [1.807, 2.05) is 13.8 Å². The first-order valence-corrected chi connectivity index (χ1v) is 6.45. The summed E-state index contributed by atoms with van der Waals surface area (Å²) in [5, 5.41) is 8.79. The lowest BCUT2D eigenvalue weighted by molar-refractivity contribution is -0.145. The van der Waals surface area contributed by atoms with E-state index in [2.05, 4.69) is 0 Å². The Bertz CT molecular complexity index is 360. The molecule has 0 radical (unpaired) electrons. The second-order valence-corrected chi connectivity index (χ2v) is 5.04. The van der Waals surface area contributed by atoms with E-state index in [-0.39, 0.29) is 24.8 Å². The molecule has 0 aromatic rings. The maximum atomic E-state index is 12.2. The van der Waals surface area contributed by atoms with E-state index in [0.717, 1.165) is 0 Å². The summed E-state index contributed by atoms with van der Waals surface area (Å²) in [5.41, 5.74) is -0.552. The topological polar surface area (TPSA) is 74.7 Å². The summed E-state index contributed by atoms with van der Waals surface area (Å²) in [6.45, 7) is 5.63. The van der Waals surface area contributed by atoms with Crippen LogP contribution >= 0.6 is 0 Å². The number of carboxylic acid groups (broad SMARTS) is 1. The van der Waals surface area contributed by atoms with Gasteiger partial charge in [-0.3, -0.25) is 19.3 Å². The van der Waals surface area contributed by atoms with Gasteiger partial charge in [0, 0.05) is 13.0 Å². The summed E-state index contributed by atoms with van der Waals surface area (Å²) in [4.78, 5) is 36.1. The van der Waals surface area contributed by atoms with Crippen molar-refractivity contribution in [2.24, 2.45) is 11.3 Å². The molecule has 1 atom stereocenters. The second kappa shape index (κ2) is 5.50. The quantitative estimate of drug-likeness (QED) is 0.732. The van der Waals surface area contributed by atoms with Crippen molar-refractivity contribution in [2.75, 3.05) is 6.54 Å². The maximum absolute atomic E-state index is 12.2. The van der Waals surface area contributed by atoms with Gasteiger partial charge < -0.3 is 5.11 Å². The minimum atomic E-state index is -0.897. The van der Waals surface area contributed by atoms with Crippen molar-refractivity contribution in [2.45, 2.75) is 46.5 Å². The number of likely N-dealkylation sites (tertiary alicyclic amines) is 1. The van der Waals surface area contributed by atoms with Gasteiger partial charge in [0.15, 0.2) is 0 Å².